The number of anilines is 1. The minimum Gasteiger partial charge on any atom is -0.478 e. The largest absolute Gasteiger partial charge is 0.573 e. The summed E-state index contributed by atoms with van der Waals surface area (Å²) < 4.78 is 70.4. The van der Waals surface area contributed by atoms with Gasteiger partial charge in [0.2, 0.25) is 0 Å². The number of nitrogens with zero attached hydrogens (tertiary/aromatic N) is 3. The molecular formula is C29H27F4N3O5S. The molecule has 2 bridgehead atoms. The second-order valence-electron chi connectivity index (χ2n) is 11.3. The van der Waals surface area contributed by atoms with Crippen molar-refractivity contribution in [3.8, 4) is 17.0 Å². The van der Waals surface area contributed by atoms with Gasteiger partial charge in [-0.05, 0) is 56.7 Å². The van der Waals surface area contributed by atoms with E-state index < -0.39 is 18.5 Å². The van der Waals surface area contributed by atoms with E-state index in [1.807, 2.05) is 0 Å². The van der Waals surface area contributed by atoms with Crippen LogP contribution < -0.4 is 9.64 Å². The van der Waals surface area contributed by atoms with Crippen LogP contribution in [0.1, 0.15) is 78.9 Å². The molecule has 4 heterocycles. The summed E-state index contributed by atoms with van der Waals surface area (Å²) >= 11 is 1.33. The van der Waals surface area contributed by atoms with Gasteiger partial charge in [-0.2, -0.15) is 0 Å². The summed E-state index contributed by atoms with van der Waals surface area (Å²) in [5.41, 5.74) is 1.48. The summed E-state index contributed by atoms with van der Waals surface area (Å²) in [5, 5.41) is 14.2. The number of alkyl halides is 4. The number of rotatable bonds is 8. The van der Waals surface area contributed by atoms with Crippen LogP contribution in [-0.4, -0.2) is 45.8 Å². The normalized spacial score (nSPS) is 25.3. The van der Waals surface area contributed by atoms with Gasteiger partial charge in [-0.25, -0.2) is 14.2 Å². The molecule has 0 amide bonds. The predicted octanol–water partition coefficient (Wildman–Crippen LogP) is 7.17. The summed E-state index contributed by atoms with van der Waals surface area (Å²) in [4.78, 5) is 18.8. The fourth-order valence-electron chi connectivity index (χ4n) is 6.42. The highest BCUT2D eigenvalue weighted by Crippen LogP contribution is 2.48. The van der Waals surface area contributed by atoms with E-state index >= 15 is 0 Å². The number of aromatic nitrogens is 2. The Hall–Kier alpha value is -3.45. The third-order valence-corrected chi connectivity index (χ3v) is 9.49. The first-order valence-corrected chi connectivity index (χ1v) is 14.8. The zero-order valence-corrected chi connectivity index (χ0v) is 23.1. The fourth-order valence-corrected chi connectivity index (χ4v) is 7.64. The van der Waals surface area contributed by atoms with Crippen LogP contribution in [-0.2, 0) is 16.1 Å². The Morgan fingerprint density at radius 2 is 1.88 bits per heavy atom. The summed E-state index contributed by atoms with van der Waals surface area (Å²) in [5.74, 6) is -0.645. The van der Waals surface area contributed by atoms with Crippen molar-refractivity contribution < 1.29 is 41.5 Å². The van der Waals surface area contributed by atoms with E-state index in [1.54, 1.807) is 6.07 Å². The number of ether oxygens (including phenoxy) is 2. The van der Waals surface area contributed by atoms with Crippen LogP contribution in [0.25, 0.3) is 17.3 Å². The summed E-state index contributed by atoms with van der Waals surface area (Å²) in [6.07, 6.45) is 0.0778. The lowest BCUT2D eigenvalue weighted by Crippen LogP contribution is -2.45. The van der Waals surface area contributed by atoms with Crippen molar-refractivity contribution in [1.29, 1.82) is 0 Å². The van der Waals surface area contributed by atoms with Crippen molar-refractivity contribution >= 4 is 28.5 Å². The standard InChI is InChI=1S/C29H27F4N3O5S/c30-21-9-15(27(37)38)10-23-25(21)34-28(42-23)36-16-7-8-17(36)12-18(11-16)39-13-20-24(35-41-26(20)14-5-6-14)19-3-1-2-4-22(19)40-29(31,32)33/h1-4,10,14,16-18,21H,5-9,11-13H2,(H,37,38). The van der Waals surface area contributed by atoms with Gasteiger partial charge in [0.15, 0.2) is 5.13 Å². The number of thiazole rings is 1. The second-order valence-corrected chi connectivity index (χ2v) is 12.3. The Balaban J connectivity index is 1.09. The lowest BCUT2D eigenvalue weighted by Gasteiger charge is -2.38. The number of fused-ring (bicyclic) bond motifs is 3. The van der Waals surface area contributed by atoms with Gasteiger partial charge in [0, 0.05) is 41.1 Å². The van der Waals surface area contributed by atoms with Gasteiger partial charge in [0.05, 0.1) is 23.3 Å². The van der Waals surface area contributed by atoms with Crippen molar-refractivity contribution in [3.63, 3.8) is 0 Å². The molecule has 1 saturated carbocycles. The van der Waals surface area contributed by atoms with E-state index in [2.05, 4.69) is 19.8 Å². The second kappa shape index (κ2) is 10.4. The molecule has 2 aromatic heterocycles. The number of hydrogen-bond donors (Lipinski definition) is 1. The van der Waals surface area contributed by atoms with Gasteiger partial charge >= 0.3 is 12.3 Å². The maximum Gasteiger partial charge on any atom is 0.573 e. The zero-order valence-electron chi connectivity index (χ0n) is 22.3. The lowest BCUT2D eigenvalue weighted by atomic mass is 9.99. The minimum atomic E-state index is -4.85. The van der Waals surface area contributed by atoms with Gasteiger partial charge in [-0.1, -0.05) is 28.6 Å². The minimum absolute atomic E-state index is 0.0477. The summed E-state index contributed by atoms with van der Waals surface area (Å²) in [6, 6.07) is 6.15. The summed E-state index contributed by atoms with van der Waals surface area (Å²) in [6.45, 7) is 0.146. The van der Waals surface area contributed by atoms with Gasteiger partial charge in [-0.3, -0.25) is 0 Å². The van der Waals surface area contributed by atoms with Crippen molar-refractivity contribution in [2.75, 3.05) is 4.90 Å². The Labute approximate surface area is 241 Å². The molecule has 222 valence electrons. The number of carboxylic acids is 1. The Bertz CT molecular complexity index is 1530. The number of hydrogen-bond acceptors (Lipinski definition) is 8. The molecule has 2 saturated heterocycles. The first kappa shape index (κ1) is 27.4. The van der Waals surface area contributed by atoms with Crippen molar-refractivity contribution in [2.24, 2.45) is 0 Å². The first-order valence-electron chi connectivity index (χ1n) is 14.0. The van der Waals surface area contributed by atoms with Crippen LogP contribution in [0.2, 0.25) is 0 Å². The molecule has 13 heteroatoms. The van der Waals surface area contributed by atoms with Crippen molar-refractivity contribution in [2.45, 2.75) is 88.2 Å². The molecular weight excluding hydrogens is 578 g/mol. The molecule has 2 aliphatic heterocycles. The molecule has 7 rings (SSSR count). The molecule has 4 aliphatic rings. The highest BCUT2D eigenvalue weighted by Gasteiger charge is 2.44. The van der Waals surface area contributed by atoms with E-state index in [9.17, 15) is 27.5 Å². The molecule has 1 N–H and O–H groups in total. The predicted molar refractivity (Wildman–Crippen MR) is 144 cm³/mol. The zero-order chi connectivity index (χ0) is 29.2. The van der Waals surface area contributed by atoms with E-state index in [-0.39, 0.29) is 54.0 Å². The number of para-hydroxylation sites is 1. The highest BCUT2D eigenvalue weighted by atomic mass is 32.1. The molecule has 3 fully saturated rings. The van der Waals surface area contributed by atoms with E-state index in [0.29, 0.717) is 45.6 Å². The van der Waals surface area contributed by atoms with Crippen LogP contribution in [0, 0.1) is 0 Å². The molecule has 3 unspecified atom stereocenters. The first-order chi connectivity index (χ1) is 20.1. The Morgan fingerprint density at radius 3 is 2.57 bits per heavy atom. The average molecular weight is 606 g/mol. The number of halogens is 4. The maximum atomic E-state index is 14.8. The summed E-state index contributed by atoms with van der Waals surface area (Å²) in [7, 11) is 0. The van der Waals surface area contributed by atoms with Crippen LogP contribution in [0.15, 0.2) is 34.4 Å². The van der Waals surface area contributed by atoms with Crippen molar-refractivity contribution in [1.82, 2.24) is 10.1 Å². The van der Waals surface area contributed by atoms with Crippen molar-refractivity contribution in [3.05, 3.63) is 51.7 Å². The Kier molecular flexibility index (Phi) is 6.76. The average Bonchev–Trinajstić information content (AvgIpc) is 3.45. The van der Waals surface area contributed by atoms with Gasteiger partial charge in [0.1, 0.15) is 23.4 Å². The van der Waals surface area contributed by atoms with Crippen LogP contribution in [0.5, 0.6) is 5.75 Å². The third kappa shape index (κ3) is 5.17. The number of aliphatic carboxylic acids is 1. The quantitative estimate of drug-likeness (QED) is 0.270. The van der Waals surface area contributed by atoms with Crippen LogP contribution in [0.4, 0.5) is 22.7 Å². The number of carboxylic acid groups (broad SMARTS) is 1. The Morgan fingerprint density at radius 1 is 1.14 bits per heavy atom. The monoisotopic (exact) mass is 605 g/mol. The van der Waals surface area contributed by atoms with E-state index in [0.717, 1.165) is 25.7 Å². The molecule has 3 atom stereocenters. The van der Waals surface area contributed by atoms with E-state index in [1.165, 1.54) is 35.6 Å². The van der Waals surface area contributed by atoms with Gasteiger partial charge in [0.25, 0.3) is 0 Å². The van der Waals surface area contributed by atoms with Crippen LogP contribution >= 0.6 is 11.3 Å². The lowest BCUT2D eigenvalue weighted by molar-refractivity contribution is -0.274. The molecule has 2 aliphatic carbocycles. The van der Waals surface area contributed by atoms with E-state index in [4.69, 9.17) is 9.26 Å². The number of carbonyl (C=O) groups is 1. The van der Waals surface area contributed by atoms with Gasteiger partial charge in [-0.15, -0.1) is 13.2 Å². The molecule has 8 nitrogen and oxygen atoms in total. The molecule has 1 aromatic carbocycles. The molecule has 0 radical (unpaired) electrons. The third-order valence-electron chi connectivity index (χ3n) is 8.45. The topological polar surface area (TPSA) is 97.9 Å². The molecule has 42 heavy (non-hydrogen) atoms. The molecule has 3 aromatic rings. The fraction of sp³-hybridized carbons (Fsp3) is 0.483. The maximum absolute atomic E-state index is 14.8. The number of piperidine rings is 1. The smallest absolute Gasteiger partial charge is 0.478 e. The van der Waals surface area contributed by atoms with Crippen LogP contribution in [0.3, 0.4) is 0 Å². The number of benzene rings is 1. The highest BCUT2D eigenvalue weighted by molar-refractivity contribution is 7.16. The molecule has 0 spiro atoms. The van der Waals surface area contributed by atoms with Gasteiger partial charge < -0.3 is 24.0 Å². The SMILES string of the molecule is O=C(O)C1=Cc2sc(N3C4CCC3CC(OCc3c(-c5ccccc5OC(F)(F)F)noc3C3CC3)C4)nc2C(F)C1.